The summed E-state index contributed by atoms with van der Waals surface area (Å²) in [7, 11) is 1.68. The van der Waals surface area contributed by atoms with Gasteiger partial charge >= 0.3 is 0 Å². The van der Waals surface area contributed by atoms with Gasteiger partial charge in [0, 0.05) is 25.8 Å². The molecule has 2 N–H and O–H groups in total. The molecule has 0 saturated carbocycles. The molecule has 1 aliphatic heterocycles. The summed E-state index contributed by atoms with van der Waals surface area (Å²) < 4.78 is 0. The normalized spacial score (nSPS) is 13.9. The molecular formula is C14H21N3O. The Morgan fingerprint density at radius 1 is 1.50 bits per heavy atom. The maximum atomic E-state index is 11.6. The van der Waals surface area contributed by atoms with Crippen molar-refractivity contribution >= 4 is 11.6 Å². The van der Waals surface area contributed by atoms with E-state index in [4.69, 9.17) is 0 Å². The molecule has 0 atom stereocenters. The smallest absolute Gasteiger partial charge is 0.239 e. The molecule has 0 aliphatic carbocycles. The van der Waals surface area contributed by atoms with Crippen LogP contribution in [0.3, 0.4) is 0 Å². The highest BCUT2D eigenvalue weighted by atomic mass is 16.1. The molecule has 0 saturated heterocycles. The van der Waals surface area contributed by atoms with Crippen LogP contribution in [0.5, 0.6) is 0 Å². The van der Waals surface area contributed by atoms with E-state index < -0.39 is 0 Å². The number of nitrogens with zero attached hydrogens (tertiary/aromatic N) is 1. The Bertz CT molecular complexity index is 431. The van der Waals surface area contributed by atoms with Crippen molar-refractivity contribution in [2.24, 2.45) is 0 Å². The first-order valence-corrected chi connectivity index (χ1v) is 6.53. The monoisotopic (exact) mass is 247 g/mol. The standard InChI is InChI=1S/C14H21N3O/c1-3-17(10-14(18)15-2)13-6-4-5-11-9-16-8-7-12(11)13/h4-6,16H,3,7-10H2,1-2H3,(H,15,18). The number of rotatable bonds is 4. The fourth-order valence-electron chi connectivity index (χ4n) is 2.43. The molecular weight excluding hydrogens is 226 g/mol. The largest absolute Gasteiger partial charge is 0.362 e. The minimum atomic E-state index is 0.0587. The van der Waals surface area contributed by atoms with Crippen LogP contribution >= 0.6 is 0 Å². The van der Waals surface area contributed by atoms with E-state index in [1.54, 1.807) is 7.05 Å². The van der Waals surface area contributed by atoms with Crippen LogP contribution in [0.25, 0.3) is 0 Å². The van der Waals surface area contributed by atoms with Gasteiger partial charge in [-0.05, 0) is 37.1 Å². The van der Waals surface area contributed by atoms with Gasteiger partial charge < -0.3 is 15.5 Å². The van der Waals surface area contributed by atoms with Crippen LogP contribution < -0.4 is 15.5 Å². The van der Waals surface area contributed by atoms with E-state index in [-0.39, 0.29) is 5.91 Å². The van der Waals surface area contributed by atoms with Gasteiger partial charge in [0.1, 0.15) is 0 Å². The van der Waals surface area contributed by atoms with E-state index >= 15 is 0 Å². The lowest BCUT2D eigenvalue weighted by Gasteiger charge is -2.28. The molecule has 0 unspecified atom stereocenters. The van der Waals surface area contributed by atoms with Crippen molar-refractivity contribution in [3.05, 3.63) is 29.3 Å². The lowest BCUT2D eigenvalue weighted by Crippen LogP contribution is -2.37. The summed E-state index contributed by atoms with van der Waals surface area (Å²) in [6.45, 7) is 5.31. The molecule has 18 heavy (non-hydrogen) atoms. The lowest BCUT2D eigenvalue weighted by molar-refractivity contribution is -0.119. The van der Waals surface area contributed by atoms with Crippen LogP contribution in [0.15, 0.2) is 18.2 Å². The maximum absolute atomic E-state index is 11.6. The molecule has 0 spiro atoms. The van der Waals surface area contributed by atoms with Gasteiger partial charge in [0.05, 0.1) is 6.54 Å². The number of carbonyl (C=O) groups is 1. The quantitative estimate of drug-likeness (QED) is 0.831. The Hall–Kier alpha value is -1.55. The number of benzene rings is 1. The summed E-state index contributed by atoms with van der Waals surface area (Å²) in [6.07, 6.45) is 1.04. The number of hydrogen-bond acceptors (Lipinski definition) is 3. The van der Waals surface area contributed by atoms with Crippen LogP contribution in [0.1, 0.15) is 18.1 Å². The number of nitrogens with one attached hydrogen (secondary N) is 2. The first-order valence-electron chi connectivity index (χ1n) is 6.53. The molecule has 4 heteroatoms. The van der Waals surface area contributed by atoms with Gasteiger partial charge in [-0.15, -0.1) is 0 Å². The molecule has 98 valence electrons. The van der Waals surface area contributed by atoms with Crippen LogP contribution in [-0.4, -0.2) is 32.6 Å². The molecule has 0 bridgehead atoms. The molecule has 1 amide bonds. The molecule has 0 radical (unpaired) electrons. The van der Waals surface area contributed by atoms with Crippen LogP contribution in [0, 0.1) is 0 Å². The van der Waals surface area contributed by atoms with Crippen LogP contribution in [0.4, 0.5) is 5.69 Å². The number of fused-ring (bicyclic) bond motifs is 1. The average molecular weight is 247 g/mol. The topological polar surface area (TPSA) is 44.4 Å². The fraction of sp³-hybridized carbons (Fsp3) is 0.500. The predicted molar refractivity (Wildman–Crippen MR) is 73.8 cm³/mol. The summed E-state index contributed by atoms with van der Waals surface area (Å²) in [5.74, 6) is 0.0587. The van der Waals surface area contributed by atoms with Gasteiger partial charge in [-0.3, -0.25) is 4.79 Å². The SMILES string of the molecule is CCN(CC(=O)NC)c1cccc2c1CCNC2. The van der Waals surface area contributed by atoms with E-state index in [0.717, 1.165) is 26.1 Å². The Labute approximate surface area is 108 Å². The van der Waals surface area contributed by atoms with E-state index in [2.05, 4.69) is 40.7 Å². The molecule has 1 aromatic carbocycles. The Balaban J connectivity index is 2.27. The molecule has 0 fully saturated rings. The fourth-order valence-corrected chi connectivity index (χ4v) is 2.43. The Kier molecular flexibility index (Phi) is 4.20. The highest BCUT2D eigenvalue weighted by Gasteiger charge is 2.17. The number of carbonyl (C=O) groups excluding carboxylic acids is 1. The third kappa shape index (κ3) is 2.64. The molecule has 2 rings (SSSR count). The van der Waals surface area contributed by atoms with Crippen molar-refractivity contribution in [3.8, 4) is 0 Å². The number of anilines is 1. The van der Waals surface area contributed by atoms with E-state index in [0.29, 0.717) is 6.54 Å². The van der Waals surface area contributed by atoms with Crippen LogP contribution in [-0.2, 0) is 17.8 Å². The van der Waals surface area contributed by atoms with Gasteiger partial charge in [0.25, 0.3) is 0 Å². The summed E-state index contributed by atoms with van der Waals surface area (Å²) >= 11 is 0. The summed E-state index contributed by atoms with van der Waals surface area (Å²) in [5, 5.41) is 6.07. The molecule has 1 aromatic rings. The molecule has 0 aromatic heterocycles. The second kappa shape index (κ2) is 5.87. The molecule has 1 aliphatic rings. The lowest BCUT2D eigenvalue weighted by atomic mass is 9.98. The summed E-state index contributed by atoms with van der Waals surface area (Å²) in [6, 6.07) is 6.36. The number of likely N-dealkylation sites (N-methyl/N-ethyl adjacent to an activating group) is 2. The zero-order valence-corrected chi connectivity index (χ0v) is 11.1. The second-order valence-electron chi connectivity index (χ2n) is 4.53. The summed E-state index contributed by atoms with van der Waals surface area (Å²) in [5.41, 5.74) is 3.95. The van der Waals surface area contributed by atoms with Gasteiger partial charge in [0.15, 0.2) is 0 Å². The molecule has 1 heterocycles. The van der Waals surface area contributed by atoms with Gasteiger partial charge in [0.2, 0.25) is 5.91 Å². The summed E-state index contributed by atoms with van der Waals surface area (Å²) in [4.78, 5) is 13.7. The first kappa shape index (κ1) is 12.9. The van der Waals surface area contributed by atoms with E-state index in [1.165, 1.54) is 16.8 Å². The van der Waals surface area contributed by atoms with Crippen molar-refractivity contribution in [1.29, 1.82) is 0 Å². The maximum Gasteiger partial charge on any atom is 0.239 e. The van der Waals surface area contributed by atoms with E-state index in [1.807, 2.05) is 0 Å². The van der Waals surface area contributed by atoms with E-state index in [9.17, 15) is 4.79 Å². The number of hydrogen-bond donors (Lipinski definition) is 2. The minimum absolute atomic E-state index is 0.0587. The highest BCUT2D eigenvalue weighted by molar-refractivity contribution is 5.81. The van der Waals surface area contributed by atoms with Crippen molar-refractivity contribution in [1.82, 2.24) is 10.6 Å². The average Bonchev–Trinajstić information content (AvgIpc) is 2.44. The zero-order chi connectivity index (χ0) is 13.0. The second-order valence-corrected chi connectivity index (χ2v) is 4.53. The molecule has 4 nitrogen and oxygen atoms in total. The minimum Gasteiger partial charge on any atom is -0.362 e. The number of amides is 1. The zero-order valence-electron chi connectivity index (χ0n) is 11.1. The van der Waals surface area contributed by atoms with Crippen molar-refractivity contribution in [2.45, 2.75) is 19.9 Å². The van der Waals surface area contributed by atoms with Gasteiger partial charge in [-0.2, -0.15) is 0 Å². The van der Waals surface area contributed by atoms with Crippen molar-refractivity contribution in [2.75, 3.05) is 31.6 Å². The van der Waals surface area contributed by atoms with Gasteiger partial charge in [-0.1, -0.05) is 12.1 Å². The predicted octanol–water partition coefficient (Wildman–Crippen LogP) is 0.905. The Morgan fingerprint density at radius 2 is 2.33 bits per heavy atom. The van der Waals surface area contributed by atoms with Crippen LogP contribution in [0.2, 0.25) is 0 Å². The third-order valence-electron chi connectivity index (χ3n) is 3.45. The highest BCUT2D eigenvalue weighted by Crippen LogP contribution is 2.26. The van der Waals surface area contributed by atoms with Crippen molar-refractivity contribution < 1.29 is 4.79 Å². The Morgan fingerprint density at radius 3 is 3.06 bits per heavy atom. The third-order valence-corrected chi connectivity index (χ3v) is 3.45. The van der Waals surface area contributed by atoms with Crippen molar-refractivity contribution in [3.63, 3.8) is 0 Å². The first-order chi connectivity index (χ1) is 8.76. The van der Waals surface area contributed by atoms with Gasteiger partial charge in [-0.25, -0.2) is 0 Å².